The topological polar surface area (TPSA) is 80.0 Å². The maximum Gasteiger partial charge on any atom is 0.331 e. The lowest BCUT2D eigenvalue weighted by atomic mass is 10.1. The number of aryl methyl sites for hydroxylation is 1. The molecule has 0 aliphatic carbocycles. The van der Waals surface area contributed by atoms with Gasteiger partial charge in [-0.3, -0.25) is 4.79 Å². The van der Waals surface area contributed by atoms with E-state index in [1.54, 1.807) is 42.6 Å². The van der Waals surface area contributed by atoms with Crippen LogP contribution < -0.4 is 0 Å². The molecule has 2 rings (SSSR count). The first-order chi connectivity index (χ1) is 11.5. The van der Waals surface area contributed by atoms with Crippen LogP contribution in [0.1, 0.15) is 22.2 Å². The Morgan fingerprint density at radius 1 is 1.42 bits per heavy atom. The number of Topliss-reactive ketones (excluding diaryl/α,β-unsaturated/α-hetero) is 1. The minimum Gasteiger partial charge on any atom is -0.454 e. The fraction of sp³-hybridized carbons (Fsp3) is 0.176. The number of ether oxygens (including phenoxy) is 1. The van der Waals surface area contributed by atoms with Crippen molar-refractivity contribution >= 4 is 40.8 Å². The van der Waals surface area contributed by atoms with E-state index < -0.39 is 24.3 Å². The number of ketones is 1. The van der Waals surface area contributed by atoms with Crippen molar-refractivity contribution in [3.63, 3.8) is 0 Å². The highest BCUT2D eigenvalue weighted by Gasteiger charge is 2.24. The molecule has 0 saturated heterocycles. The van der Waals surface area contributed by atoms with Gasteiger partial charge in [-0.1, -0.05) is 23.7 Å². The quantitative estimate of drug-likeness (QED) is 0.581. The van der Waals surface area contributed by atoms with Crippen molar-refractivity contribution in [2.45, 2.75) is 12.8 Å². The number of halogens is 1. The first-order valence-electron chi connectivity index (χ1n) is 6.94. The molecule has 0 aliphatic rings. The van der Waals surface area contributed by atoms with Crippen LogP contribution in [0.2, 0.25) is 5.02 Å². The third-order valence-electron chi connectivity index (χ3n) is 2.97. The Labute approximate surface area is 148 Å². The Hall–Kier alpha value is -2.49. The van der Waals surface area contributed by atoms with Crippen molar-refractivity contribution < 1.29 is 14.3 Å². The van der Waals surface area contributed by atoms with Crippen LogP contribution in [0, 0.1) is 18.3 Å². The van der Waals surface area contributed by atoms with Crippen molar-refractivity contribution in [2.24, 2.45) is 0 Å². The summed E-state index contributed by atoms with van der Waals surface area (Å²) in [4.78, 5) is 27.8. The summed E-state index contributed by atoms with van der Waals surface area (Å²) in [5.41, 5.74) is 1.52. The molecule has 7 heteroatoms. The number of carbonyl (C=O) groups is 2. The summed E-state index contributed by atoms with van der Waals surface area (Å²) in [6.07, 6.45) is 2.76. The number of hydrogen-bond donors (Lipinski definition) is 0. The molecule has 0 bridgehead atoms. The van der Waals surface area contributed by atoms with Crippen LogP contribution in [0.4, 0.5) is 0 Å². The van der Waals surface area contributed by atoms with Crippen molar-refractivity contribution in [3.8, 4) is 6.07 Å². The summed E-state index contributed by atoms with van der Waals surface area (Å²) in [5.74, 6) is -2.18. The first-order valence-corrected chi connectivity index (χ1v) is 8.20. The monoisotopic (exact) mass is 360 g/mol. The number of carbonyl (C=O) groups excluding carboxylic acids is 2. The minimum atomic E-state index is -1.02. The van der Waals surface area contributed by atoms with Gasteiger partial charge >= 0.3 is 5.97 Å². The Bertz CT molecular complexity index is 806. The summed E-state index contributed by atoms with van der Waals surface area (Å²) in [7, 11) is 0. The molecule has 1 aromatic carbocycles. The smallest absolute Gasteiger partial charge is 0.331 e. The molecule has 0 aliphatic heterocycles. The molecule has 2 aromatic rings. The third-order valence-corrected chi connectivity index (χ3v) is 4.25. The minimum absolute atomic E-state index is 0.410. The molecule has 1 atom stereocenters. The zero-order valence-corrected chi connectivity index (χ0v) is 14.3. The highest BCUT2D eigenvalue weighted by Crippen LogP contribution is 2.20. The van der Waals surface area contributed by atoms with Crippen LogP contribution in [0.25, 0.3) is 6.08 Å². The third kappa shape index (κ3) is 5.01. The maximum absolute atomic E-state index is 12.0. The molecule has 0 fully saturated rings. The van der Waals surface area contributed by atoms with Gasteiger partial charge in [0.25, 0.3) is 0 Å². The Balaban J connectivity index is 1.89. The average molecular weight is 361 g/mol. The maximum atomic E-state index is 12.0. The lowest BCUT2D eigenvalue weighted by Gasteiger charge is -2.05. The molecule has 1 unspecified atom stereocenters. The average Bonchev–Trinajstić information content (AvgIpc) is 2.99. The summed E-state index contributed by atoms with van der Waals surface area (Å²) in [5, 5.41) is 11.9. The highest BCUT2D eigenvalue weighted by atomic mass is 35.5. The Morgan fingerprint density at radius 2 is 2.12 bits per heavy atom. The molecule has 1 heterocycles. The van der Waals surface area contributed by atoms with Gasteiger partial charge in [0.05, 0.1) is 6.07 Å². The Kier molecular flexibility index (Phi) is 6.24. The molecule has 0 saturated carbocycles. The predicted molar refractivity (Wildman–Crippen MR) is 91.7 cm³/mol. The molecule has 0 radical (unpaired) electrons. The summed E-state index contributed by atoms with van der Waals surface area (Å²) in [6.45, 7) is 1.31. The van der Waals surface area contributed by atoms with Crippen LogP contribution in [0.3, 0.4) is 0 Å². The van der Waals surface area contributed by atoms with E-state index >= 15 is 0 Å². The molecular formula is C17H13ClN2O3S. The second-order valence-corrected chi connectivity index (χ2v) is 6.17. The molecule has 0 N–H and O–H groups in total. The number of thiazole rings is 1. The molecule has 0 amide bonds. The molecule has 5 nitrogen and oxygen atoms in total. The zero-order valence-electron chi connectivity index (χ0n) is 12.7. The van der Waals surface area contributed by atoms with Crippen LogP contribution >= 0.6 is 22.9 Å². The van der Waals surface area contributed by atoms with Gasteiger partial charge in [0.15, 0.2) is 18.3 Å². The van der Waals surface area contributed by atoms with Crippen molar-refractivity contribution in [2.75, 3.05) is 6.61 Å². The number of nitriles is 1. The SMILES string of the molecule is Cc1csc(C(C#N)C(=O)COC(=O)C=Cc2ccc(Cl)cc2)n1. The van der Waals surface area contributed by atoms with E-state index in [1.165, 1.54) is 17.4 Å². The number of hydrogen-bond acceptors (Lipinski definition) is 6. The second kappa shape index (κ2) is 8.39. The van der Waals surface area contributed by atoms with Gasteiger partial charge in [0.2, 0.25) is 0 Å². The molecule has 1 aromatic heterocycles. The molecular weight excluding hydrogens is 348 g/mol. The highest BCUT2D eigenvalue weighted by molar-refractivity contribution is 7.09. The van der Waals surface area contributed by atoms with E-state index in [0.717, 1.165) is 11.3 Å². The van der Waals surface area contributed by atoms with E-state index in [9.17, 15) is 9.59 Å². The molecule has 0 spiro atoms. The lowest BCUT2D eigenvalue weighted by Crippen LogP contribution is -2.19. The number of aromatic nitrogens is 1. The first kappa shape index (κ1) is 17.9. The van der Waals surface area contributed by atoms with Gasteiger partial charge in [0.1, 0.15) is 5.01 Å². The van der Waals surface area contributed by atoms with Crippen LogP contribution in [0.5, 0.6) is 0 Å². The van der Waals surface area contributed by atoms with Crippen molar-refractivity contribution in [3.05, 3.63) is 57.0 Å². The van der Waals surface area contributed by atoms with E-state index in [2.05, 4.69) is 4.98 Å². The number of benzene rings is 1. The number of rotatable bonds is 6. The lowest BCUT2D eigenvalue weighted by molar-refractivity contribution is -0.143. The van der Waals surface area contributed by atoms with Crippen LogP contribution in [-0.2, 0) is 14.3 Å². The van der Waals surface area contributed by atoms with Gasteiger partial charge in [0, 0.05) is 22.2 Å². The van der Waals surface area contributed by atoms with E-state index in [4.69, 9.17) is 21.6 Å². The van der Waals surface area contributed by atoms with E-state index in [0.29, 0.717) is 10.0 Å². The van der Waals surface area contributed by atoms with Crippen LogP contribution in [0.15, 0.2) is 35.7 Å². The molecule has 122 valence electrons. The van der Waals surface area contributed by atoms with Crippen LogP contribution in [-0.4, -0.2) is 23.3 Å². The summed E-state index contributed by atoms with van der Waals surface area (Å²) in [6, 6.07) is 8.78. The number of nitrogens with zero attached hydrogens (tertiary/aromatic N) is 2. The van der Waals surface area contributed by atoms with Crippen molar-refractivity contribution in [1.29, 1.82) is 5.26 Å². The summed E-state index contributed by atoms with van der Waals surface area (Å²) < 4.78 is 4.88. The van der Waals surface area contributed by atoms with E-state index in [1.807, 2.05) is 6.07 Å². The fourth-order valence-electron chi connectivity index (χ4n) is 1.78. The summed E-state index contributed by atoms with van der Waals surface area (Å²) >= 11 is 7.00. The number of esters is 1. The Morgan fingerprint density at radius 3 is 2.71 bits per heavy atom. The fourth-order valence-corrected chi connectivity index (χ4v) is 2.77. The zero-order chi connectivity index (χ0) is 17.5. The van der Waals surface area contributed by atoms with Crippen molar-refractivity contribution in [1.82, 2.24) is 4.98 Å². The second-order valence-electron chi connectivity index (χ2n) is 4.85. The molecule has 24 heavy (non-hydrogen) atoms. The van der Waals surface area contributed by atoms with Gasteiger partial charge < -0.3 is 4.74 Å². The van der Waals surface area contributed by atoms with Gasteiger partial charge in [-0.05, 0) is 30.7 Å². The van der Waals surface area contributed by atoms with Gasteiger partial charge in [-0.15, -0.1) is 11.3 Å². The van der Waals surface area contributed by atoms with E-state index in [-0.39, 0.29) is 0 Å². The normalized spacial score (nSPS) is 11.9. The predicted octanol–water partition coefficient (Wildman–Crippen LogP) is 3.54. The van der Waals surface area contributed by atoms with Gasteiger partial charge in [-0.25, -0.2) is 9.78 Å². The van der Waals surface area contributed by atoms with Gasteiger partial charge in [-0.2, -0.15) is 5.26 Å². The standard InChI is InChI=1S/C17H13ClN2O3S/c1-11-10-24-17(20-11)14(8-19)15(21)9-23-16(22)7-4-12-2-5-13(18)6-3-12/h2-7,10,14H,9H2,1H3. The largest absolute Gasteiger partial charge is 0.454 e.